The van der Waals surface area contributed by atoms with Crippen LogP contribution < -0.4 is 15.0 Å². The summed E-state index contributed by atoms with van der Waals surface area (Å²) >= 11 is 3.21. The quantitative estimate of drug-likeness (QED) is 0.427. The van der Waals surface area contributed by atoms with Crippen molar-refractivity contribution in [2.75, 3.05) is 20.8 Å². The number of fused-ring (bicyclic) bond motifs is 2. The maximum atomic E-state index is 12.7. The number of methoxy groups -OCH3 is 2. The fourth-order valence-corrected chi connectivity index (χ4v) is 6.01. The molecule has 0 saturated carbocycles. The van der Waals surface area contributed by atoms with Gasteiger partial charge in [-0.15, -0.1) is 11.3 Å². The summed E-state index contributed by atoms with van der Waals surface area (Å²) in [5, 5.41) is 7.38. The number of aromatic nitrogens is 3. The largest absolute Gasteiger partial charge is 0.493 e. The van der Waals surface area contributed by atoms with Gasteiger partial charge in [0.25, 0.3) is 5.56 Å². The van der Waals surface area contributed by atoms with Crippen LogP contribution in [0.15, 0.2) is 40.5 Å². The summed E-state index contributed by atoms with van der Waals surface area (Å²) in [5.74, 6) is 1.48. The van der Waals surface area contributed by atoms with Gasteiger partial charge in [0.15, 0.2) is 11.5 Å². The van der Waals surface area contributed by atoms with Crippen molar-refractivity contribution in [1.29, 1.82) is 0 Å². The van der Waals surface area contributed by atoms with Crippen LogP contribution in [0.2, 0.25) is 0 Å². The van der Waals surface area contributed by atoms with Gasteiger partial charge in [0.2, 0.25) is 4.96 Å². The van der Waals surface area contributed by atoms with Crippen molar-refractivity contribution < 1.29 is 9.47 Å². The molecule has 166 valence electrons. The first-order chi connectivity index (χ1) is 15.6. The number of ether oxygens (including phenoxy) is 2. The average Bonchev–Trinajstić information content (AvgIpc) is 3.48. The van der Waals surface area contributed by atoms with Crippen LogP contribution >= 0.6 is 22.7 Å². The summed E-state index contributed by atoms with van der Waals surface area (Å²) in [6.45, 7) is 3.47. The molecule has 9 heteroatoms. The van der Waals surface area contributed by atoms with E-state index < -0.39 is 0 Å². The highest BCUT2D eigenvalue weighted by Crippen LogP contribution is 2.42. The van der Waals surface area contributed by atoms with E-state index in [1.54, 1.807) is 31.6 Å². The van der Waals surface area contributed by atoms with Crippen LogP contribution in [-0.4, -0.2) is 40.3 Å². The molecule has 32 heavy (non-hydrogen) atoms. The van der Waals surface area contributed by atoms with E-state index in [0.717, 1.165) is 41.6 Å². The van der Waals surface area contributed by atoms with Crippen LogP contribution in [0.3, 0.4) is 0 Å². The van der Waals surface area contributed by atoms with E-state index in [-0.39, 0.29) is 11.6 Å². The Morgan fingerprint density at radius 2 is 2.00 bits per heavy atom. The highest BCUT2D eigenvalue weighted by atomic mass is 32.1. The molecule has 4 aromatic rings. The highest BCUT2D eigenvalue weighted by molar-refractivity contribution is 7.16. The Labute approximate surface area is 193 Å². The molecule has 1 atom stereocenters. The summed E-state index contributed by atoms with van der Waals surface area (Å²) < 4.78 is 12.5. The Morgan fingerprint density at radius 3 is 2.72 bits per heavy atom. The van der Waals surface area contributed by atoms with E-state index in [9.17, 15) is 4.79 Å². The number of hydrogen-bond donors (Lipinski definition) is 0. The summed E-state index contributed by atoms with van der Waals surface area (Å²) in [6, 6.07) is 10.1. The summed E-state index contributed by atoms with van der Waals surface area (Å²) in [5.41, 5.74) is 3.11. The molecule has 0 spiro atoms. The second-order valence-electron chi connectivity index (χ2n) is 7.67. The molecule has 1 aliphatic rings. The molecule has 0 radical (unpaired) electrons. The number of rotatable bonds is 6. The fourth-order valence-electron chi connectivity index (χ4n) is 4.28. The van der Waals surface area contributed by atoms with Crippen molar-refractivity contribution in [3.63, 3.8) is 0 Å². The lowest BCUT2D eigenvalue weighted by atomic mass is 9.90. The molecule has 0 N–H and O–H groups in total. The molecule has 0 aliphatic carbocycles. The monoisotopic (exact) mass is 468 g/mol. The van der Waals surface area contributed by atoms with Crippen LogP contribution in [0, 0.1) is 0 Å². The minimum absolute atomic E-state index is 0.0615. The Kier molecular flexibility index (Phi) is 5.71. The number of nitrogens with zero attached hydrogens (tertiary/aromatic N) is 4. The third-order valence-corrected chi connectivity index (χ3v) is 7.77. The van der Waals surface area contributed by atoms with Crippen molar-refractivity contribution in [2.45, 2.75) is 32.4 Å². The first-order valence-corrected chi connectivity index (χ1v) is 12.2. The zero-order valence-electron chi connectivity index (χ0n) is 18.2. The van der Waals surface area contributed by atoms with Gasteiger partial charge in [0, 0.05) is 24.0 Å². The third-order valence-electron chi connectivity index (χ3n) is 5.79. The van der Waals surface area contributed by atoms with E-state index >= 15 is 0 Å². The molecule has 0 unspecified atom stereocenters. The first-order valence-electron chi connectivity index (χ1n) is 10.5. The normalized spacial score (nSPS) is 16.3. The Bertz CT molecular complexity index is 1310. The Hall–Kier alpha value is -2.75. The molecule has 1 aromatic carbocycles. The summed E-state index contributed by atoms with van der Waals surface area (Å²) in [4.78, 5) is 21.7. The Balaban J connectivity index is 1.56. The van der Waals surface area contributed by atoms with Crippen molar-refractivity contribution >= 4 is 27.6 Å². The van der Waals surface area contributed by atoms with E-state index in [1.165, 1.54) is 31.9 Å². The minimum Gasteiger partial charge on any atom is -0.493 e. The van der Waals surface area contributed by atoms with Crippen LogP contribution in [0.25, 0.3) is 4.96 Å². The molecule has 7 nitrogen and oxygen atoms in total. The molecule has 0 saturated heterocycles. The second kappa shape index (κ2) is 8.65. The topological polar surface area (TPSA) is 69.0 Å². The minimum atomic E-state index is -0.127. The van der Waals surface area contributed by atoms with Gasteiger partial charge in [-0.1, -0.05) is 24.3 Å². The van der Waals surface area contributed by atoms with Gasteiger partial charge in [-0.25, -0.2) is 4.98 Å². The van der Waals surface area contributed by atoms with Gasteiger partial charge in [-0.2, -0.15) is 9.61 Å². The van der Waals surface area contributed by atoms with Crippen molar-refractivity contribution in [2.24, 2.45) is 0 Å². The lowest BCUT2D eigenvalue weighted by Crippen LogP contribution is -2.36. The second-order valence-corrected chi connectivity index (χ2v) is 9.69. The Morgan fingerprint density at radius 1 is 1.19 bits per heavy atom. The lowest BCUT2D eigenvalue weighted by Gasteiger charge is -2.37. The maximum Gasteiger partial charge on any atom is 0.275 e. The predicted molar refractivity (Wildman–Crippen MR) is 126 cm³/mol. The molecule has 3 aromatic heterocycles. The van der Waals surface area contributed by atoms with Crippen molar-refractivity contribution in [1.82, 2.24) is 19.5 Å². The van der Waals surface area contributed by atoms with Gasteiger partial charge in [-0.3, -0.25) is 9.69 Å². The molecule has 1 aliphatic heterocycles. The molecule has 0 amide bonds. The summed E-state index contributed by atoms with van der Waals surface area (Å²) in [6.07, 6.45) is 1.68. The van der Waals surface area contributed by atoms with Crippen LogP contribution in [0.1, 0.15) is 39.7 Å². The van der Waals surface area contributed by atoms with E-state index in [4.69, 9.17) is 14.5 Å². The molecule has 0 bridgehead atoms. The third kappa shape index (κ3) is 3.70. The number of hydrogen-bond acceptors (Lipinski definition) is 8. The molecular formula is C23H24N4O3S2. The van der Waals surface area contributed by atoms with Crippen molar-refractivity contribution in [3.05, 3.63) is 72.8 Å². The molecule has 0 fully saturated rings. The molecular weight excluding hydrogens is 444 g/mol. The maximum absolute atomic E-state index is 12.7. The van der Waals surface area contributed by atoms with Crippen molar-refractivity contribution in [3.8, 4) is 11.5 Å². The van der Waals surface area contributed by atoms with Gasteiger partial charge >= 0.3 is 0 Å². The SMILES string of the molecule is CCc1nn2c(=O)cc(CN3CCc4cc(OC)c(OC)cc4[C@@H]3c3cccs3)nc2s1. The van der Waals surface area contributed by atoms with E-state index in [1.807, 2.05) is 6.92 Å². The number of aryl methyl sites for hydroxylation is 1. The van der Waals surface area contributed by atoms with Gasteiger partial charge in [-0.05, 0) is 47.5 Å². The average molecular weight is 469 g/mol. The number of benzene rings is 1. The van der Waals surface area contributed by atoms with Crippen LogP contribution in [0.5, 0.6) is 11.5 Å². The first kappa shape index (κ1) is 21.1. The number of thiophene rings is 1. The highest BCUT2D eigenvalue weighted by Gasteiger charge is 2.31. The van der Waals surface area contributed by atoms with E-state index in [0.29, 0.717) is 11.5 Å². The van der Waals surface area contributed by atoms with Gasteiger partial charge in [0.1, 0.15) is 5.01 Å². The summed E-state index contributed by atoms with van der Waals surface area (Å²) in [7, 11) is 3.33. The van der Waals surface area contributed by atoms with E-state index in [2.05, 4.69) is 39.6 Å². The van der Waals surface area contributed by atoms with Crippen LogP contribution in [0.4, 0.5) is 0 Å². The van der Waals surface area contributed by atoms with Crippen LogP contribution in [-0.2, 0) is 19.4 Å². The zero-order valence-corrected chi connectivity index (χ0v) is 19.8. The molecule has 4 heterocycles. The van der Waals surface area contributed by atoms with Gasteiger partial charge in [0.05, 0.1) is 26.0 Å². The zero-order chi connectivity index (χ0) is 22.2. The lowest BCUT2D eigenvalue weighted by molar-refractivity contribution is 0.203. The predicted octanol–water partition coefficient (Wildman–Crippen LogP) is 3.94. The molecule has 5 rings (SSSR count). The van der Waals surface area contributed by atoms with Gasteiger partial charge < -0.3 is 9.47 Å². The smallest absolute Gasteiger partial charge is 0.275 e. The fraction of sp³-hybridized carbons (Fsp3) is 0.348. The standard InChI is InChI=1S/C23H24N4O3S2/c1-4-20-25-27-21(28)11-15(24-23(27)32-20)13-26-8-7-14-10-17(29-2)18(30-3)12-16(14)22(26)19-6-5-9-31-19/h5-6,9-12,22H,4,7-8,13H2,1-3H3/t22-/m1/s1.